The molecule has 1 amide bonds. The van der Waals surface area contributed by atoms with E-state index in [1.54, 1.807) is 38.5 Å². The Labute approximate surface area is 150 Å². The second-order valence-electron chi connectivity index (χ2n) is 5.60. The van der Waals surface area contributed by atoms with Gasteiger partial charge in [0, 0.05) is 5.69 Å². The van der Waals surface area contributed by atoms with Crippen molar-refractivity contribution >= 4 is 11.6 Å². The molecule has 8 heteroatoms. The molecule has 1 atom stereocenters. The molecule has 0 saturated heterocycles. The van der Waals surface area contributed by atoms with Gasteiger partial charge in [0.15, 0.2) is 5.82 Å². The molecule has 0 saturated carbocycles. The molecular weight excluding hydrogens is 334 g/mol. The van der Waals surface area contributed by atoms with Crippen LogP contribution in [-0.4, -0.2) is 40.8 Å². The number of ether oxygens (including phenoxy) is 2. The number of aromatic nitrogens is 4. The highest BCUT2D eigenvalue weighted by atomic mass is 16.5. The average molecular weight is 353 g/mol. The van der Waals surface area contributed by atoms with Gasteiger partial charge in [-0.1, -0.05) is 17.3 Å². The highest BCUT2D eigenvalue weighted by molar-refractivity contribution is 5.95. The fourth-order valence-corrected chi connectivity index (χ4v) is 2.56. The fourth-order valence-electron chi connectivity index (χ4n) is 2.56. The zero-order valence-corrected chi connectivity index (χ0v) is 14.5. The molecule has 3 rings (SSSR count). The molecule has 0 bridgehead atoms. The number of nitrogens with one attached hydrogen (secondary N) is 2. The highest BCUT2D eigenvalue weighted by Gasteiger charge is 2.25. The minimum absolute atomic E-state index is 0.223. The van der Waals surface area contributed by atoms with Gasteiger partial charge < -0.3 is 14.8 Å². The summed E-state index contributed by atoms with van der Waals surface area (Å²) in [6, 6.07) is 14.6. The molecule has 0 aliphatic carbocycles. The molecule has 1 heterocycles. The maximum Gasteiger partial charge on any atom is 0.235 e. The van der Waals surface area contributed by atoms with Gasteiger partial charge in [0.05, 0.1) is 14.2 Å². The van der Waals surface area contributed by atoms with Gasteiger partial charge in [-0.25, -0.2) is 0 Å². The number of rotatable bonds is 7. The van der Waals surface area contributed by atoms with E-state index >= 15 is 0 Å². The van der Waals surface area contributed by atoms with Crippen molar-refractivity contribution in [3.8, 4) is 11.5 Å². The number of anilines is 1. The van der Waals surface area contributed by atoms with E-state index in [4.69, 9.17) is 9.47 Å². The first-order valence-corrected chi connectivity index (χ1v) is 8.01. The van der Waals surface area contributed by atoms with Crippen LogP contribution in [-0.2, 0) is 11.2 Å². The summed E-state index contributed by atoms with van der Waals surface area (Å²) in [6.45, 7) is 0. The van der Waals surface area contributed by atoms with E-state index in [0.29, 0.717) is 23.7 Å². The number of H-pyrrole nitrogens is 1. The Bertz CT molecular complexity index is 850. The Kier molecular flexibility index (Phi) is 5.43. The van der Waals surface area contributed by atoms with Crippen molar-refractivity contribution in [1.29, 1.82) is 0 Å². The normalized spacial score (nSPS) is 11.6. The van der Waals surface area contributed by atoms with Crippen LogP contribution >= 0.6 is 0 Å². The molecule has 8 nitrogen and oxygen atoms in total. The molecule has 0 aliphatic rings. The van der Waals surface area contributed by atoms with Crippen LogP contribution < -0.4 is 14.8 Å². The van der Waals surface area contributed by atoms with Gasteiger partial charge in [-0.15, -0.1) is 10.2 Å². The largest absolute Gasteiger partial charge is 0.497 e. The number of nitrogens with zero attached hydrogens (tertiary/aromatic N) is 3. The van der Waals surface area contributed by atoms with Gasteiger partial charge in [-0.2, -0.15) is 5.21 Å². The maximum atomic E-state index is 12.8. The summed E-state index contributed by atoms with van der Waals surface area (Å²) >= 11 is 0. The molecule has 26 heavy (non-hydrogen) atoms. The van der Waals surface area contributed by atoms with E-state index in [1.165, 1.54) is 0 Å². The van der Waals surface area contributed by atoms with E-state index < -0.39 is 5.92 Å². The van der Waals surface area contributed by atoms with Crippen LogP contribution in [0.15, 0.2) is 48.5 Å². The monoisotopic (exact) mass is 353 g/mol. The highest BCUT2D eigenvalue weighted by Crippen LogP contribution is 2.23. The number of aromatic amines is 1. The van der Waals surface area contributed by atoms with Crippen molar-refractivity contribution in [3.05, 3.63) is 59.9 Å². The van der Waals surface area contributed by atoms with Crippen LogP contribution in [0.25, 0.3) is 0 Å². The zero-order valence-electron chi connectivity index (χ0n) is 14.5. The molecule has 0 unspecified atom stereocenters. The van der Waals surface area contributed by atoms with Crippen molar-refractivity contribution in [2.24, 2.45) is 0 Å². The lowest BCUT2D eigenvalue weighted by molar-refractivity contribution is -0.117. The Morgan fingerprint density at radius 3 is 2.54 bits per heavy atom. The number of benzene rings is 2. The molecule has 0 radical (unpaired) electrons. The lowest BCUT2D eigenvalue weighted by Crippen LogP contribution is -2.24. The number of hydrogen-bond acceptors (Lipinski definition) is 6. The average Bonchev–Trinajstić information content (AvgIpc) is 3.21. The molecular formula is C18H19N5O3. The Hall–Kier alpha value is -3.42. The smallest absolute Gasteiger partial charge is 0.235 e. The van der Waals surface area contributed by atoms with Gasteiger partial charge in [-0.3, -0.25) is 4.79 Å². The third-order valence-electron chi connectivity index (χ3n) is 3.92. The van der Waals surface area contributed by atoms with Crippen molar-refractivity contribution in [1.82, 2.24) is 20.6 Å². The molecule has 2 aromatic carbocycles. The van der Waals surface area contributed by atoms with Crippen molar-refractivity contribution in [3.63, 3.8) is 0 Å². The first-order chi connectivity index (χ1) is 12.7. The van der Waals surface area contributed by atoms with Crippen LogP contribution in [0.5, 0.6) is 11.5 Å². The number of carbonyl (C=O) groups excluding carboxylic acids is 1. The fraction of sp³-hybridized carbons (Fsp3) is 0.222. The summed E-state index contributed by atoms with van der Waals surface area (Å²) in [5, 5.41) is 16.8. The van der Waals surface area contributed by atoms with E-state index in [9.17, 15) is 4.79 Å². The summed E-state index contributed by atoms with van der Waals surface area (Å²) in [4.78, 5) is 12.8. The number of hydrogen-bond donors (Lipinski definition) is 2. The van der Waals surface area contributed by atoms with Crippen molar-refractivity contribution in [2.75, 3.05) is 19.5 Å². The van der Waals surface area contributed by atoms with Crippen LogP contribution in [0.2, 0.25) is 0 Å². The molecule has 3 aromatic rings. The quantitative estimate of drug-likeness (QED) is 0.675. The van der Waals surface area contributed by atoms with Gasteiger partial charge in [0.1, 0.15) is 17.4 Å². The topological polar surface area (TPSA) is 102 Å². The summed E-state index contributed by atoms with van der Waals surface area (Å²) in [5.41, 5.74) is 1.60. The predicted molar refractivity (Wildman–Crippen MR) is 95.2 cm³/mol. The van der Waals surface area contributed by atoms with E-state index in [1.807, 2.05) is 24.3 Å². The van der Waals surface area contributed by atoms with Crippen LogP contribution in [0.1, 0.15) is 17.3 Å². The molecule has 0 aliphatic heterocycles. The zero-order chi connectivity index (χ0) is 18.4. The second-order valence-corrected chi connectivity index (χ2v) is 5.60. The second kappa shape index (κ2) is 8.11. The maximum absolute atomic E-state index is 12.8. The minimum Gasteiger partial charge on any atom is -0.497 e. The first-order valence-electron chi connectivity index (χ1n) is 8.01. The minimum atomic E-state index is -0.594. The molecule has 0 spiro atoms. The Morgan fingerprint density at radius 1 is 1.12 bits per heavy atom. The molecule has 2 N–H and O–H groups in total. The number of tetrazole rings is 1. The standard InChI is InChI=1S/C18H19N5O3/c1-25-14-8-6-13(7-9-14)19-18(24)16(17-20-22-23-21-17)11-12-4-3-5-15(10-12)26-2/h3-10,16H,11H2,1-2H3,(H,19,24)(H,20,21,22,23)/t16-/m0/s1. The van der Waals surface area contributed by atoms with Crippen LogP contribution in [0, 0.1) is 0 Å². The summed E-state index contributed by atoms with van der Waals surface area (Å²) in [6.07, 6.45) is 0.415. The van der Waals surface area contributed by atoms with Gasteiger partial charge in [0.25, 0.3) is 0 Å². The molecule has 0 fully saturated rings. The van der Waals surface area contributed by atoms with Crippen molar-refractivity contribution < 1.29 is 14.3 Å². The lowest BCUT2D eigenvalue weighted by Gasteiger charge is -2.14. The van der Waals surface area contributed by atoms with E-state index in [2.05, 4.69) is 25.9 Å². The lowest BCUT2D eigenvalue weighted by atomic mass is 9.97. The summed E-state index contributed by atoms with van der Waals surface area (Å²) < 4.78 is 10.4. The van der Waals surface area contributed by atoms with Crippen LogP contribution in [0.4, 0.5) is 5.69 Å². The SMILES string of the molecule is COc1ccc(NC(=O)[C@@H](Cc2cccc(OC)c2)c2nn[nH]n2)cc1. The van der Waals surface area contributed by atoms with Gasteiger partial charge >= 0.3 is 0 Å². The Balaban J connectivity index is 1.80. The third-order valence-corrected chi connectivity index (χ3v) is 3.92. The molecule has 134 valence electrons. The first kappa shape index (κ1) is 17.4. The number of carbonyl (C=O) groups is 1. The summed E-state index contributed by atoms with van der Waals surface area (Å²) in [7, 11) is 3.19. The van der Waals surface area contributed by atoms with Crippen LogP contribution in [0.3, 0.4) is 0 Å². The van der Waals surface area contributed by atoms with Crippen molar-refractivity contribution in [2.45, 2.75) is 12.3 Å². The number of methoxy groups -OCH3 is 2. The van der Waals surface area contributed by atoms with Gasteiger partial charge in [0.2, 0.25) is 5.91 Å². The van der Waals surface area contributed by atoms with E-state index in [-0.39, 0.29) is 5.91 Å². The van der Waals surface area contributed by atoms with E-state index in [0.717, 1.165) is 11.3 Å². The predicted octanol–water partition coefficient (Wildman–Crippen LogP) is 2.18. The Morgan fingerprint density at radius 2 is 1.88 bits per heavy atom. The molecule has 1 aromatic heterocycles. The third kappa shape index (κ3) is 4.15. The number of amides is 1. The van der Waals surface area contributed by atoms with Gasteiger partial charge in [-0.05, 0) is 48.4 Å². The summed E-state index contributed by atoms with van der Waals surface area (Å²) in [5.74, 6) is 0.959.